The van der Waals surface area contributed by atoms with E-state index in [4.69, 9.17) is 21.1 Å². The number of methoxy groups -OCH3 is 2. The average molecular weight is 481 g/mol. The van der Waals surface area contributed by atoms with E-state index in [1.54, 1.807) is 26.4 Å². The van der Waals surface area contributed by atoms with Gasteiger partial charge in [0.1, 0.15) is 4.90 Å². The highest BCUT2D eigenvalue weighted by molar-refractivity contribution is 7.89. The maximum atomic E-state index is 13.2. The van der Waals surface area contributed by atoms with Gasteiger partial charge in [-0.25, -0.2) is 8.42 Å². The van der Waals surface area contributed by atoms with Gasteiger partial charge in [-0.1, -0.05) is 24.6 Å². The monoisotopic (exact) mass is 480 g/mol. The van der Waals surface area contributed by atoms with Crippen LogP contribution in [-0.2, 0) is 10.0 Å². The molecule has 174 valence electrons. The van der Waals surface area contributed by atoms with E-state index in [1.807, 2.05) is 19.9 Å². The average Bonchev–Trinajstić information content (AvgIpc) is 2.78. The molecule has 9 heteroatoms. The summed E-state index contributed by atoms with van der Waals surface area (Å²) >= 11 is 6.24. The van der Waals surface area contributed by atoms with Gasteiger partial charge in [0.05, 0.1) is 25.3 Å². The number of ether oxygens (including phenoxy) is 2. The van der Waals surface area contributed by atoms with E-state index in [0.29, 0.717) is 24.6 Å². The Kier molecular flexibility index (Phi) is 7.69. The van der Waals surface area contributed by atoms with Crippen molar-refractivity contribution in [1.82, 2.24) is 9.62 Å². The molecule has 2 atom stereocenters. The minimum atomic E-state index is -3.79. The molecule has 1 N–H and O–H groups in total. The number of carbonyl (C=O) groups is 1. The van der Waals surface area contributed by atoms with E-state index < -0.39 is 15.9 Å². The lowest BCUT2D eigenvalue weighted by atomic mass is 10.0. The number of carbonyl (C=O) groups excluding carboxylic acids is 1. The van der Waals surface area contributed by atoms with Crippen molar-refractivity contribution >= 4 is 27.5 Å². The summed E-state index contributed by atoms with van der Waals surface area (Å²) in [5.41, 5.74) is 1.05. The van der Waals surface area contributed by atoms with E-state index in [1.165, 1.54) is 22.5 Å². The van der Waals surface area contributed by atoms with Crippen LogP contribution in [0, 0.1) is 5.92 Å². The van der Waals surface area contributed by atoms with Gasteiger partial charge >= 0.3 is 0 Å². The summed E-state index contributed by atoms with van der Waals surface area (Å²) in [6.45, 7) is 4.77. The Hall–Kier alpha value is -2.29. The Morgan fingerprint density at radius 1 is 1.16 bits per heavy atom. The highest BCUT2D eigenvalue weighted by atomic mass is 35.5. The van der Waals surface area contributed by atoms with Crippen LogP contribution in [0.2, 0.25) is 5.02 Å². The summed E-state index contributed by atoms with van der Waals surface area (Å²) in [4.78, 5) is 12.9. The number of sulfonamides is 1. The van der Waals surface area contributed by atoms with Crippen LogP contribution in [0.5, 0.6) is 11.5 Å². The largest absolute Gasteiger partial charge is 0.493 e. The van der Waals surface area contributed by atoms with Crippen LogP contribution in [0.3, 0.4) is 0 Å². The summed E-state index contributed by atoms with van der Waals surface area (Å²) in [5.74, 6) is 1.04. The molecular formula is C23H29ClN2O5S. The van der Waals surface area contributed by atoms with E-state index in [-0.39, 0.29) is 27.4 Å². The summed E-state index contributed by atoms with van der Waals surface area (Å²) < 4.78 is 38.4. The van der Waals surface area contributed by atoms with Gasteiger partial charge in [0.25, 0.3) is 5.91 Å². The first-order valence-electron chi connectivity index (χ1n) is 10.5. The van der Waals surface area contributed by atoms with Crippen molar-refractivity contribution in [2.24, 2.45) is 5.92 Å². The molecule has 1 aliphatic rings. The Labute approximate surface area is 194 Å². The minimum Gasteiger partial charge on any atom is -0.493 e. The van der Waals surface area contributed by atoms with Crippen molar-refractivity contribution in [2.75, 3.05) is 27.3 Å². The predicted octanol–water partition coefficient (Wildman–Crippen LogP) is 4.27. The molecule has 1 amide bonds. The van der Waals surface area contributed by atoms with Crippen molar-refractivity contribution in [3.8, 4) is 11.5 Å². The van der Waals surface area contributed by atoms with Crippen molar-refractivity contribution < 1.29 is 22.7 Å². The standard InChI is InChI=1S/C23H29ClN2O5S/c1-15-6-5-11-26(14-15)32(28,29)22-13-18(7-9-19(22)24)23(27)25-16(2)17-8-10-20(30-3)21(12-17)31-4/h7-10,12-13,15-16H,5-6,11,14H2,1-4H3,(H,25,27). The number of nitrogens with zero attached hydrogens (tertiary/aromatic N) is 1. The number of piperidine rings is 1. The van der Waals surface area contributed by atoms with E-state index in [0.717, 1.165) is 18.4 Å². The zero-order valence-corrected chi connectivity index (χ0v) is 20.3. The van der Waals surface area contributed by atoms with E-state index in [2.05, 4.69) is 5.32 Å². The molecule has 0 aliphatic carbocycles. The first-order chi connectivity index (χ1) is 15.2. The molecule has 0 aromatic heterocycles. The van der Waals surface area contributed by atoms with Gasteiger partial charge in [0.2, 0.25) is 10.0 Å². The van der Waals surface area contributed by atoms with Crippen LogP contribution in [0.4, 0.5) is 0 Å². The zero-order valence-electron chi connectivity index (χ0n) is 18.7. The lowest BCUT2D eigenvalue weighted by molar-refractivity contribution is 0.0939. The van der Waals surface area contributed by atoms with Crippen molar-refractivity contribution in [3.63, 3.8) is 0 Å². The molecule has 0 spiro atoms. The highest BCUT2D eigenvalue weighted by Crippen LogP contribution is 2.31. The molecule has 2 aromatic carbocycles. The Morgan fingerprint density at radius 2 is 1.88 bits per heavy atom. The number of halogens is 1. The molecule has 0 bridgehead atoms. The smallest absolute Gasteiger partial charge is 0.251 e. The Morgan fingerprint density at radius 3 is 2.53 bits per heavy atom. The molecule has 2 unspecified atom stereocenters. The molecule has 3 rings (SSSR count). The number of hydrogen-bond acceptors (Lipinski definition) is 5. The maximum Gasteiger partial charge on any atom is 0.251 e. The Balaban J connectivity index is 1.82. The number of benzene rings is 2. The third-order valence-electron chi connectivity index (χ3n) is 5.69. The number of nitrogens with one attached hydrogen (secondary N) is 1. The molecule has 1 heterocycles. The molecule has 2 aromatic rings. The minimum absolute atomic E-state index is 0.0420. The fraction of sp³-hybridized carbons (Fsp3) is 0.435. The van der Waals surface area contributed by atoms with Crippen LogP contribution in [0.1, 0.15) is 48.7 Å². The second kappa shape index (κ2) is 10.1. The van der Waals surface area contributed by atoms with Crippen LogP contribution in [0.25, 0.3) is 0 Å². The van der Waals surface area contributed by atoms with Gasteiger partial charge < -0.3 is 14.8 Å². The lowest BCUT2D eigenvalue weighted by Gasteiger charge is -2.30. The van der Waals surface area contributed by atoms with E-state index in [9.17, 15) is 13.2 Å². The van der Waals surface area contributed by atoms with Crippen molar-refractivity contribution in [3.05, 3.63) is 52.5 Å². The Bertz CT molecular complexity index is 1090. The maximum absolute atomic E-state index is 13.2. The van der Waals surface area contributed by atoms with E-state index >= 15 is 0 Å². The summed E-state index contributed by atoms with van der Waals surface area (Å²) in [6, 6.07) is 9.38. The number of hydrogen-bond donors (Lipinski definition) is 1. The normalized spacial score (nSPS) is 18.1. The number of rotatable bonds is 7. The third-order valence-corrected chi connectivity index (χ3v) is 8.03. The highest BCUT2D eigenvalue weighted by Gasteiger charge is 2.31. The van der Waals surface area contributed by atoms with Gasteiger partial charge in [-0.05, 0) is 61.6 Å². The van der Waals surface area contributed by atoms with Gasteiger partial charge in [-0.3, -0.25) is 4.79 Å². The summed E-state index contributed by atoms with van der Waals surface area (Å²) in [7, 11) is -0.688. The predicted molar refractivity (Wildman–Crippen MR) is 124 cm³/mol. The molecule has 32 heavy (non-hydrogen) atoms. The molecule has 0 saturated carbocycles. The lowest BCUT2D eigenvalue weighted by Crippen LogP contribution is -2.39. The fourth-order valence-corrected chi connectivity index (χ4v) is 5.93. The van der Waals surface area contributed by atoms with Crippen LogP contribution < -0.4 is 14.8 Å². The van der Waals surface area contributed by atoms with Crippen LogP contribution in [0.15, 0.2) is 41.3 Å². The SMILES string of the molecule is COc1ccc(C(C)NC(=O)c2ccc(Cl)c(S(=O)(=O)N3CCCC(C)C3)c2)cc1OC. The van der Waals surface area contributed by atoms with Gasteiger partial charge in [-0.2, -0.15) is 4.31 Å². The van der Waals surface area contributed by atoms with Crippen molar-refractivity contribution in [1.29, 1.82) is 0 Å². The van der Waals surface area contributed by atoms with Crippen molar-refractivity contribution in [2.45, 2.75) is 37.6 Å². The molecular weight excluding hydrogens is 452 g/mol. The van der Waals surface area contributed by atoms with Crippen LogP contribution >= 0.6 is 11.6 Å². The van der Waals surface area contributed by atoms with Gasteiger partial charge in [-0.15, -0.1) is 0 Å². The number of amides is 1. The first kappa shape index (κ1) is 24.4. The summed E-state index contributed by atoms with van der Waals surface area (Å²) in [5, 5.41) is 3.00. The third kappa shape index (κ3) is 5.19. The molecule has 0 radical (unpaired) electrons. The zero-order chi connectivity index (χ0) is 23.5. The molecule has 1 fully saturated rings. The molecule has 1 aliphatic heterocycles. The van der Waals surface area contributed by atoms with Gasteiger partial charge in [0, 0.05) is 18.7 Å². The fourth-order valence-electron chi connectivity index (χ4n) is 3.83. The molecule has 1 saturated heterocycles. The second-order valence-corrected chi connectivity index (χ2v) is 10.4. The van der Waals surface area contributed by atoms with Crippen LogP contribution in [-0.4, -0.2) is 45.9 Å². The topological polar surface area (TPSA) is 84.9 Å². The van der Waals surface area contributed by atoms with Gasteiger partial charge in [0.15, 0.2) is 11.5 Å². The quantitative estimate of drug-likeness (QED) is 0.639. The second-order valence-electron chi connectivity index (χ2n) is 8.07. The molecule has 7 nitrogen and oxygen atoms in total. The first-order valence-corrected chi connectivity index (χ1v) is 12.3. The summed E-state index contributed by atoms with van der Waals surface area (Å²) in [6.07, 6.45) is 1.80.